The summed E-state index contributed by atoms with van der Waals surface area (Å²) in [5.41, 5.74) is 0. The molecule has 0 unspecified atom stereocenters. The van der Waals surface area contributed by atoms with Crippen molar-refractivity contribution in [3.8, 4) is 11.5 Å². The smallest absolute Gasteiger partial charge is 0.161 e. The molecule has 16 heavy (non-hydrogen) atoms. The fourth-order valence-corrected chi connectivity index (χ4v) is 2.52. The zero-order chi connectivity index (χ0) is 11.4. The molecule has 1 aromatic carbocycles. The first-order chi connectivity index (χ1) is 7.79. The van der Waals surface area contributed by atoms with Gasteiger partial charge in [0, 0.05) is 4.90 Å². The minimum absolute atomic E-state index is 0.262. The molecule has 0 aromatic heterocycles. The molecule has 1 aromatic rings. The highest BCUT2D eigenvalue weighted by Crippen LogP contribution is 2.33. The average Bonchev–Trinajstić information content (AvgIpc) is 2.33. The molecule has 0 spiro atoms. The maximum atomic E-state index is 9.81. The molecule has 0 saturated heterocycles. The monoisotopic (exact) mass is 238 g/mol. The summed E-state index contributed by atoms with van der Waals surface area (Å²) in [5.74, 6) is 0.891. The zero-order valence-corrected chi connectivity index (χ0v) is 10.4. The van der Waals surface area contributed by atoms with Crippen LogP contribution in [0.3, 0.4) is 0 Å². The van der Waals surface area contributed by atoms with Gasteiger partial charge in [-0.05, 0) is 50.1 Å². The molecule has 0 aliphatic heterocycles. The highest BCUT2D eigenvalue weighted by atomic mass is 32.2. The minimum atomic E-state index is 0.262. The molecular formula is C13H18O2S. The maximum absolute atomic E-state index is 9.81. The van der Waals surface area contributed by atoms with Crippen LogP contribution in [0.2, 0.25) is 0 Å². The lowest BCUT2D eigenvalue weighted by Crippen LogP contribution is -2.19. The van der Waals surface area contributed by atoms with Crippen LogP contribution in [0.4, 0.5) is 0 Å². The van der Waals surface area contributed by atoms with Gasteiger partial charge in [0.15, 0.2) is 11.5 Å². The molecule has 1 N–H and O–H groups in total. The lowest BCUT2D eigenvalue weighted by Gasteiger charge is -2.23. The lowest BCUT2D eigenvalue weighted by molar-refractivity contribution is 0.150. The van der Waals surface area contributed by atoms with Gasteiger partial charge in [-0.3, -0.25) is 0 Å². The van der Waals surface area contributed by atoms with Crippen molar-refractivity contribution in [1.82, 2.24) is 0 Å². The van der Waals surface area contributed by atoms with Crippen molar-refractivity contribution in [2.24, 2.45) is 0 Å². The summed E-state index contributed by atoms with van der Waals surface area (Å²) in [7, 11) is 0. The Morgan fingerprint density at radius 1 is 1.25 bits per heavy atom. The van der Waals surface area contributed by atoms with E-state index in [-0.39, 0.29) is 5.75 Å². The van der Waals surface area contributed by atoms with Crippen LogP contribution in [0, 0.1) is 0 Å². The topological polar surface area (TPSA) is 29.5 Å². The number of rotatable bonds is 3. The largest absolute Gasteiger partial charge is 0.504 e. The third-order valence-electron chi connectivity index (χ3n) is 3.01. The summed E-state index contributed by atoms with van der Waals surface area (Å²) in [6.45, 7) is 0. The van der Waals surface area contributed by atoms with Crippen LogP contribution in [-0.2, 0) is 0 Å². The van der Waals surface area contributed by atoms with Gasteiger partial charge in [-0.15, -0.1) is 11.8 Å². The number of hydrogen-bond acceptors (Lipinski definition) is 3. The second-order valence-electron chi connectivity index (χ2n) is 4.21. The second kappa shape index (κ2) is 5.48. The Kier molecular flexibility index (Phi) is 3.99. The van der Waals surface area contributed by atoms with Gasteiger partial charge in [-0.1, -0.05) is 6.42 Å². The van der Waals surface area contributed by atoms with Crippen molar-refractivity contribution in [3.05, 3.63) is 18.2 Å². The standard InChI is InChI=1S/C13H18O2S/c1-16-11-7-8-13(12(14)9-11)15-10-5-3-2-4-6-10/h7-10,14H,2-6H2,1H3. The third-order valence-corrected chi connectivity index (χ3v) is 3.74. The molecule has 0 heterocycles. The van der Waals surface area contributed by atoms with Crippen LogP contribution in [-0.4, -0.2) is 17.5 Å². The van der Waals surface area contributed by atoms with E-state index in [0.29, 0.717) is 11.9 Å². The Morgan fingerprint density at radius 3 is 2.62 bits per heavy atom. The molecule has 0 atom stereocenters. The van der Waals surface area contributed by atoms with E-state index in [4.69, 9.17) is 4.74 Å². The van der Waals surface area contributed by atoms with Gasteiger partial charge in [0.1, 0.15) is 0 Å². The van der Waals surface area contributed by atoms with E-state index in [1.54, 1.807) is 17.8 Å². The summed E-state index contributed by atoms with van der Waals surface area (Å²) in [6.07, 6.45) is 8.32. The zero-order valence-electron chi connectivity index (χ0n) is 9.61. The van der Waals surface area contributed by atoms with E-state index in [9.17, 15) is 5.11 Å². The quantitative estimate of drug-likeness (QED) is 0.812. The summed E-state index contributed by atoms with van der Waals surface area (Å²) >= 11 is 1.62. The number of thioether (sulfide) groups is 1. The number of benzene rings is 1. The van der Waals surface area contributed by atoms with Gasteiger partial charge in [0.2, 0.25) is 0 Å². The summed E-state index contributed by atoms with van der Waals surface area (Å²) < 4.78 is 5.83. The molecule has 1 fully saturated rings. The van der Waals surface area contributed by atoms with Gasteiger partial charge in [-0.2, -0.15) is 0 Å². The van der Waals surface area contributed by atoms with Crippen LogP contribution < -0.4 is 4.74 Å². The van der Waals surface area contributed by atoms with E-state index in [1.807, 2.05) is 18.4 Å². The predicted molar refractivity (Wildman–Crippen MR) is 67.4 cm³/mol. The van der Waals surface area contributed by atoms with Crippen molar-refractivity contribution in [1.29, 1.82) is 0 Å². The molecule has 2 nitrogen and oxygen atoms in total. The van der Waals surface area contributed by atoms with Crippen LogP contribution in [0.1, 0.15) is 32.1 Å². The van der Waals surface area contributed by atoms with Gasteiger partial charge >= 0.3 is 0 Å². The molecule has 88 valence electrons. The van der Waals surface area contributed by atoms with Gasteiger partial charge < -0.3 is 9.84 Å². The van der Waals surface area contributed by atoms with Gasteiger partial charge in [-0.25, -0.2) is 0 Å². The highest BCUT2D eigenvalue weighted by molar-refractivity contribution is 7.98. The first kappa shape index (κ1) is 11.6. The highest BCUT2D eigenvalue weighted by Gasteiger charge is 2.16. The summed E-state index contributed by atoms with van der Waals surface area (Å²) in [6, 6.07) is 5.63. The average molecular weight is 238 g/mol. The van der Waals surface area contributed by atoms with E-state index in [2.05, 4.69) is 0 Å². The molecule has 2 rings (SSSR count). The van der Waals surface area contributed by atoms with Gasteiger partial charge in [0.25, 0.3) is 0 Å². The maximum Gasteiger partial charge on any atom is 0.161 e. The van der Waals surface area contributed by atoms with Crippen LogP contribution >= 0.6 is 11.8 Å². The lowest BCUT2D eigenvalue weighted by atomic mass is 9.98. The number of phenolic OH excluding ortho intramolecular Hbond substituents is 1. The summed E-state index contributed by atoms with van der Waals surface area (Å²) in [5, 5.41) is 9.81. The normalized spacial score (nSPS) is 17.3. The Balaban J connectivity index is 2.03. The molecule has 0 radical (unpaired) electrons. The molecule has 3 heteroatoms. The first-order valence-corrected chi connectivity index (χ1v) is 7.06. The van der Waals surface area contributed by atoms with E-state index < -0.39 is 0 Å². The Morgan fingerprint density at radius 2 is 2.00 bits per heavy atom. The van der Waals surface area contributed by atoms with E-state index in [0.717, 1.165) is 17.7 Å². The third kappa shape index (κ3) is 2.85. The Bertz CT molecular complexity index is 346. The molecule has 0 bridgehead atoms. The van der Waals surface area contributed by atoms with Crippen molar-refractivity contribution in [3.63, 3.8) is 0 Å². The number of hydrogen-bond donors (Lipinski definition) is 1. The van der Waals surface area contributed by atoms with Crippen molar-refractivity contribution < 1.29 is 9.84 Å². The number of ether oxygens (including phenoxy) is 1. The molecule has 1 saturated carbocycles. The molecule has 1 aliphatic carbocycles. The number of aromatic hydroxyl groups is 1. The Labute approximate surface area is 101 Å². The molecule has 0 amide bonds. The predicted octanol–water partition coefficient (Wildman–Crippen LogP) is 3.83. The minimum Gasteiger partial charge on any atom is -0.504 e. The second-order valence-corrected chi connectivity index (χ2v) is 5.09. The molecular weight excluding hydrogens is 220 g/mol. The van der Waals surface area contributed by atoms with Crippen LogP contribution in [0.25, 0.3) is 0 Å². The number of phenols is 1. The van der Waals surface area contributed by atoms with Crippen LogP contribution in [0.5, 0.6) is 11.5 Å². The van der Waals surface area contributed by atoms with Gasteiger partial charge in [0.05, 0.1) is 6.10 Å². The SMILES string of the molecule is CSc1ccc(OC2CCCCC2)c(O)c1. The van der Waals surface area contributed by atoms with Crippen molar-refractivity contribution >= 4 is 11.8 Å². The van der Waals surface area contributed by atoms with E-state index in [1.165, 1.54) is 19.3 Å². The van der Waals surface area contributed by atoms with Crippen molar-refractivity contribution in [2.45, 2.75) is 43.1 Å². The fourth-order valence-electron chi connectivity index (χ4n) is 2.09. The molecule has 1 aliphatic rings. The first-order valence-electron chi connectivity index (χ1n) is 5.83. The van der Waals surface area contributed by atoms with Crippen LogP contribution in [0.15, 0.2) is 23.1 Å². The van der Waals surface area contributed by atoms with E-state index >= 15 is 0 Å². The fraction of sp³-hybridized carbons (Fsp3) is 0.538. The summed E-state index contributed by atoms with van der Waals surface area (Å²) in [4.78, 5) is 1.06. The Hall–Kier alpha value is -0.830. The van der Waals surface area contributed by atoms with Crippen molar-refractivity contribution in [2.75, 3.05) is 6.26 Å².